The highest BCUT2D eigenvalue weighted by Gasteiger charge is 2.28. The Morgan fingerprint density at radius 2 is 1.18 bits per heavy atom. The zero-order valence-electron chi connectivity index (χ0n) is 30.4. The fraction of sp³-hybridized carbons (Fsp3) is 0.0577. The van der Waals surface area contributed by atoms with Crippen molar-refractivity contribution in [3.05, 3.63) is 187 Å². The number of aromatic nitrogens is 2. The molecule has 0 radical (unpaired) electrons. The average molecular weight is 702 g/mol. The molecular weight excluding hydrogens is 667 g/mol. The van der Waals surface area contributed by atoms with Crippen LogP contribution in [0, 0.1) is 5.92 Å². The van der Waals surface area contributed by atoms with Crippen LogP contribution in [0.15, 0.2) is 181 Å². The van der Waals surface area contributed by atoms with Crippen LogP contribution in [0.3, 0.4) is 0 Å². The first kappa shape index (κ1) is 30.5. The van der Waals surface area contributed by atoms with Gasteiger partial charge in [0, 0.05) is 43.8 Å². The number of hydrogen-bond donors (Lipinski definition) is 0. The van der Waals surface area contributed by atoms with Gasteiger partial charge in [0.05, 0.1) is 44.7 Å². The average Bonchev–Trinajstić information content (AvgIpc) is 3.83. The van der Waals surface area contributed by atoms with Gasteiger partial charge in [0.15, 0.2) is 0 Å². The zero-order valence-corrected chi connectivity index (χ0v) is 30.4. The summed E-state index contributed by atoms with van der Waals surface area (Å²) in [5.41, 5.74) is 14.2. The number of nitrogens with zero attached hydrogens (tertiary/aromatic N) is 3. The van der Waals surface area contributed by atoms with Crippen molar-refractivity contribution < 1.29 is 0 Å². The van der Waals surface area contributed by atoms with E-state index < -0.39 is 0 Å². The molecule has 4 heterocycles. The summed E-state index contributed by atoms with van der Waals surface area (Å²) in [7, 11) is 0. The first-order valence-corrected chi connectivity index (χ1v) is 19.3. The second kappa shape index (κ2) is 11.5. The number of aliphatic imine (C=N–C) groups is 1. The van der Waals surface area contributed by atoms with Crippen LogP contribution in [-0.2, 0) is 0 Å². The quantitative estimate of drug-likeness (QED) is 0.174. The molecule has 3 aromatic heterocycles. The summed E-state index contributed by atoms with van der Waals surface area (Å²) < 4.78 is 5.07. The molecule has 3 heteroatoms. The first-order valence-electron chi connectivity index (χ1n) is 19.3. The molecule has 0 spiro atoms. The predicted molar refractivity (Wildman–Crippen MR) is 233 cm³/mol. The summed E-state index contributed by atoms with van der Waals surface area (Å²) in [5.74, 6) is 0.0949. The van der Waals surface area contributed by atoms with Gasteiger partial charge in [0.2, 0.25) is 0 Å². The van der Waals surface area contributed by atoms with Crippen LogP contribution in [-0.4, -0.2) is 14.7 Å². The van der Waals surface area contributed by atoms with E-state index >= 15 is 0 Å². The van der Waals surface area contributed by atoms with E-state index in [9.17, 15) is 0 Å². The second-order valence-corrected chi connectivity index (χ2v) is 15.0. The summed E-state index contributed by atoms with van der Waals surface area (Å²) >= 11 is 0. The van der Waals surface area contributed by atoms with E-state index in [4.69, 9.17) is 4.99 Å². The Hall–Kier alpha value is -6.97. The largest absolute Gasteiger partial charge is 0.309 e. The van der Waals surface area contributed by atoms with Crippen molar-refractivity contribution in [2.45, 2.75) is 13.3 Å². The van der Waals surface area contributed by atoms with E-state index in [1.807, 2.05) is 0 Å². The third kappa shape index (κ3) is 4.29. The van der Waals surface area contributed by atoms with Crippen LogP contribution in [0.2, 0.25) is 0 Å². The number of fused-ring (bicyclic) bond motifs is 12. The monoisotopic (exact) mass is 701 g/mol. The second-order valence-electron chi connectivity index (χ2n) is 15.0. The Kier molecular flexibility index (Phi) is 6.38. The lowest BCUT2D eigenvalue weighted by atomic mass is 9.91. The number of rotatable bonds is 4. The van der Waals surface area contributed by atoms with Crippen molar-refractivity contribution in [3.63, 3.8) is 0 Å². The Bertz CT molecular complexity index is 3410. The zero-order chi connectivity index (χ0) is 36.2. The van der Waals surface area contributed by atoms with E-state index in [1.54, 1.807) is 0 Å². The van der Waals surface area contributed by atoms with E-state index in [0.717, 1.165) is 28.9 Å². The van der Waals surface area contributed by atoms with Gasteiger partial charge in [-0.1, -0.05) is 140 Å². The van der Waals surface area contributed by atoms with Gasteiger partial charge in [-0.05, 0) is 76.3 Å². The topological polar surface area (TPSA) is 21.7 Å². The highest BCUT2D eigenvalue weighted by Crippen LogP contribution is 2.48. The van der Waals surface area contributed by atoms with E-state index in [1.165, 1.54) is 87.5 Å². The minimum absolute atomic E-state index is 0.0949. The molecule has 1 atom stereocenters. The molecule has 0 amide bonds. The molecule has 11 aromatic rings. The summed E-state index contributed by atoms with van der Waals surface area (Å²) in [6.07, 6.45) is 3.42. The lowest BCUT2D eigenvalue weighted by Gasteiger charge is -2.17. The van der Waals surface area contributed by atoms with Crippen LogP contribution in [0.4, 0.5) is 5.69 Å². The minimum atomic E-state index is 0.0949. The highest BCUT2D eigenvalue weighted by molar-refractivity contribution is 6.36. The first-order chi connectivity index (χ1) is 27.2. The number of hydrogen-bond acceptors (Lipinski definition) is 1. The molecule has 1 aliphatic heterocycles. The van der Waals surface area contributed by atoms with Crippen molar-refractivity contribution in [2.75, 3.05) is 0 Å². The van der Waals surface area contributed by atoms with Gasteiger partial charge < -0.3 is 8.97 Å². The molecule has 258 valence electrons. The maximum Gasteiger partial charge on any atom is 0.0726 e. The molecule has 1 aliphatic rings. The van der Waals surface area contributed by atoms with Crippen molar-refractivity contribution >= 4 is 87.8 Å². The highest BCUT2D eigenvalue weighted by atomic mass is 15.0. The number of allylic oxidation sites excluding steroid dienone is 1. The molecule has 12 rings (SSSR count). The molecular formula is C52H35N3. The minimum Gasteiger partial charge on any atom is -0.309 e. The fourth-order valence-electron chi connectivity index (χ4n) is 9.59. The van der Waals surface area contributed by atoms with E-state index in [-0.39, 0.29) is 5.92 Å². The van der Waals surface area contributed by atoms with Gasteiger partial charge in [-0.2, -0.15) is 0 Å². The van der Waals surface area contributed by atoms with Gasteiger partial charge in [-0.15, -0.1) is 0 Å². The van der Waals surface area contributed by atoms with Crippen LogP contribution in [0.5, 0.6) is 0 Å². The molecule has 0 unspecified atom stereocenters. The van der Waals surface area contributed by atoms with Crippen molar-refractivity contribution in [3.8, 4) is 11.1 Å². The predicted octanol–water partition coefficient (Wildman–Crippen LogP) is 13.8. The summed E-state index contributed by atoms with van der Waals surface area (Å²) in [6, 6.07) is 62.3. The van der Waals surface area contributed by atoms with Crippen molar-refractivity contribution in [2.24, 2.45) is 10.9 Å². The Morgan fingerprint density at radius 3 is 2.04 bits per heavy atom. The third-order valence-electron chi connectivity index (χ3n) is 12.0. The molecule has 0 N–H and O–H groups in total. The summed E-state index contributed by atoms with van der Waals surface area (Å²) in [4.78, 5) is 5.55. The third-order valence-corrected chi connectivity index (χ3v) is 12.0. The van der Waals surface area contributed by atoms with Gasteiger partial charge in [0.25, 0.3) is 0 Å². The molecule has 55 heavy (non-hydrogen) atoms. The smallest absolute Gasteiger partial charge is 0.0726 e. The number of benzene rings is 8. The molecule has 8 aromatic carbocycles. The maximum absolute atomic E-state index is 5.55. The molecule has 0 fully saturated rings. The van der Waals surface area contributed by atoms with Crippen LogP contribution < -0.4 is 0 Å². The Labute approximate surface area is 318 Å². The van der Waals surface area contributed by atoms with Crippen LogP contribution in [0.1, 0.15) is 24.5 Å². The lowest BCUT2D eigenvalue weighted by Crippen LogP contribution is -2.13. The molecule has 0 bridgehead atoms. The van der Waals surface area contributed by atoms with Gasteiger partial charge >= 0.3 is 0 Å². The number of para-hydroxylation sites is 3. The van der Waals surface area contributed by atoms with Gasteiger partial charge in [0.1, 0.15) is 0 Å². The Morgan fingerprint density at radius 1 is 0.491 bits per heavy atom. The molecule has 0 saturated heterocycles. The van der Waals surface area contributed by atoms with Crippen LogP contribution in [0.25, 0.3) is 87.5 Å². The van der Waals surface area contributed by atoms with E-state index in [0.29, 0.717) is 0 Å². The Balaban J connectivity index is 1.19. The van der Waals surface area contributed by atoms with Crippen LogP contribution >= 0.6 is 0 Å². The normalized spacial score (nSPS) is 14.7. The van der Waals surface area contributed by atoms with E-state index in [2.05, 4.69) is 192 Å². The summed E-state index contributed by atoms with van der Waals surface area (Å²) in [6.45, 7) is 2.29. The van der Waals surface area contributed by atoms with Crippen molar-refractivity contribution in [1.29, 1.82) is 0 Å². The van der Waals surface area contributed by atoms with Gasteiger partial charge in [-0.25, -0.2) is 0 Å². The maximum atomic E-state index is 5.55. The SMILES string of the molecule is CC[C@H]1C=C(n2c3ccccc3c3c4c5cc6ccccc6cc5n5c6ccccc6c(cc32)c45)c2ccccc2N=C1c1cccc(-c2ccccc2)c1. The summed E-state index contributed by atoms with van der Waals surface area (Å²) in [5, 5.41) is 10.3. The fourth-order valence-corrected chi connectivity index (χ4v) is 9.59. The molecule has 3 nitrogen and oxygen atoms in total. The van der Waals surface area contributed by atoms with Crippen molar-refractivity contribution in [1.82, 2.24) is 8.97 Å². The standard InChI is InChI=1S/C52H35N3/c1-2-32-29-46(39-22-8-11-24-43(39)53-51(32)37-20-14-19-34(27-37)33-15-4-3-5-16-33)54-45-26-13-10-23-40(45)49-48(54)31-41-38-21-9-12-25-44(38)55-47-30-36-18-7-6-17-35(36)28-42(47)50(49)52(41)55/h3-32H,2H2,1H3/t32-/m0/s1. The molecule has 0 saturated carbocycles. The molecule has 0 aliphatic carbocycles. The lowest BCUT2D eigenvalue weighted by molar-refractivity contribution is 0.816. The van der Waals surface area contributed by atoms with Gasteiger partial charge in [-0.3, -0.25) is 4.99 Å².